The normalized spacial score (nSPS) is 14.6. The standard InChI is InChI=1S/C74H101N7O9/c1-49(2)36-59-43-57(44-60(77-59)37-50(3)4)73(85)79-63-41-56(42-64(47-63)80-74(86)58-45-61(38-51(5)6)78-62(46-58)39-52(7)8)72(84)76-27-16-29-88-31-18-33-90-35-19-34-89-32-17-30-87-28-15-26-75-68(82)24-25-69(83)81-48-55-20-11-12-21-65(55)70-53(9)40-54(10)71(70)66-22-13-14-23-67(66)81/h11-14,20-23,41-47,49-54H,15-19,24-40,48H2,1-10H3,(H,75,82)(H,76,84)(H,79,85)(H,80,86). The Morgan fingerprint density at radius 2 is 0.878 bits per heavy atom. The van der Waals surface area contributed by atoms with E-state index in [-0.39, 0.29) is 47.9 Å². The van der Waals surface area contributed by atoms with Gasteiger partial charge in [-0.1, -0.05) is 112 Å². The smallest absolute Gasteiger partial charge is 0.255 e. The first kappa shape index (κ1) is 70.3. The number of carbonyl (C=O) groups is 5. The summed E-state index contributed by atoms with van der Waals surface area (Å²) in [5, 5.41) is 12.0. The summed E-state index contributed by atoms with van der Waals surface area (Å²) >= 11 is 0. The second kappa shape index (κ2) is 36.1. The van der Waals surface area contributed by atoms with Crippen molar-refractivity contribution >= 4 is 57.7 Å². The van der Waals surface area contributed by atoms with Gasteiger partial charge in [-0.25, -0.2) is 0 Å². The van der Waals surface area contributed by atoms with E-state index < -0.39 is 0 Å². The summed E-state index contributed by atoms with van der Waals surface area (Å²) in [6, 6.07) is 28.9. The summed E-state index contributed by atoms with van der Waals surface area (Å²) in [5.41, 5.74) is 12.5. The summed E-state index contributed by atoms with van der Waals surface area (Å²) in [7, 11) is 0. The number of amides is 5. The van der Waals surface area contributed by atoms with E-state index in [1.807, 2.05) is 47.4 Å². The number of rotatable bonds is 36. The van der Waals surface area contributed by atoms with Crippen molar-refractivity contribution in [2.75, 3.05) is 81.5 Å². The van der Waals surface area contributed by atoms with E-state index in [9.17, 15) is 24.0 Å². The lowest BCUT2D eigenvalue weighted by Gasteiger charge is -2.31. The average molecular weight is 1230 g/mol. The molecule has 0 radical (unpaired) electrons. The molecule has 0 saturated heterocycles. The zero-order chi connectivity index (χ0) is 64.5. The second-order valence-electron chi connectivity index (χ2n) is 26.1. The maximum Gasteiger partial charge on any atom is 0.255 e. The molecule has 2 aliphatic rings. The summed E-state index contributed by atoms with van der Waals surface area (Å²) in [4.78, 5) is 80.0. The number of nitrogens with zero attached hydrogens (tertiary/aromatic N) is 3. The Hall–Kier alpha value is -7.11. The Labute approximate surface area is 535 Å². The molecule has 1 aliphatic carbocycles. The van der Waals surface area contributed by atoms with Crippen molar-refractivity contribution in [2.45, 2.75) is 153 Å². The molecular formula is C74H101N7O9. The van der Waals surface area contributed by atoms with Crippen LogP contribution in [0.25, 0.3) is 11.1 Å². The van der Waals surface area contributed by atoms with Gasteiger partial charge in [0, 0.05) is 135 Å². The van der Waals surface area contributed by atoms with Crippen LogP contribution in [-0.2, 0) is 60.8 Å². The monoisotopic (exact) mass is 1230 g/mol. The molecule has 1 aliphatic heterocycles. The van der Waals surface area contributed by atoms with E-state index in [4.69, 9.17) is 28.9 Å². The molecule has 2 aromatic heterocycles. The molecule has 0 saturated carbocycles. The highest BCUT2D eigenvalue weighted by atomic mass is 16.5. The van der Waals surface area contributed by atoms with Gasteiger partial charge in [0.1, 0.15) is 0 Å². The van der Waals surface area contributed by atoms with E-state index in [1.54, 1.807) is 18.2 Å². The molecule has 5 amide bonds. The summed E-state index contributed by atoms with van der Waals surface area (Å²) in [6.45, 7) is 27.3. The Morgan fingerprint density at radius 3 is 1.34 bits per heavy atom. The van der Waals surface area contributed by atoms with Gasteiger partial charge in [-0.05, 0) is 171 Å². The number of nitrogens with one attached hydrogen (secondary N) is 4. The lowest BCUT2D eigenvalue weighted by Crippen LogP contribution is -2.34. The van der Waals surface area contributed by atoms with Gasteiger partial charge in [-0.2, -0.15) is 0 Å². The Morgan fingerprint density at radius 1 is 0.478 bits per heavy atom. The van der Waals surface area contributed by atoms with E-state index in [0.29, 0.717) is 143 Å². The van der Waals surface area contributed by atoms with Crippen LogP contribution < -0.4 is 26.2 Å². The molecule has 486 valence electrons. The first-order valence-electron chi connectivity index (χ1n) is 33.2. The second-order valence-corrected chi connectivity index (χ2v) is 26.1. The molecule has 16 nitrogen and oxygen atoms in total. The molecule has 90 heavy (non-hydrogen) atoms. The maximum absolute atomic E-state index is 14.0. The van der Waals surface area contributed by atoms with Crippen LogP contribution in [0.4, 0.5) is 17.1 Å². The topological polar surface area (TPSA) is 199 Å². The van der Waals surface area contributed by atoms with Crippen molar-refractivity contribution in [2.24, 2.45) is 35.5 Å². The van der Waals surface area contributed by atoms with Crippen molar-refractivity contribution in [3.05, 3.63) is 147 Å². The van der Waals surface area contributed by atoms with Crippen molar-refractivity contribution in [1.82, 2.24) is 20.6 Å². The van der Waals surface area contributed by atoms with Crippen molar-refractivity contribution in [3.8, 4) is 0 Å². The minimum absolute atomic E-state index is 0.0564. The predicted octanol–water partition coefficient (Wildman–Crippen LogP) is 13.6. The van der Waals surface area contributed by atoms with Crippen LogP contribution >= 0.6 is 0 Å². The molecule has 3 aromatic carbocycles. The Bertz CT molecular complexity index is 3050. The Balaban J connectivity index is 0.746. The van der Waals surface area contributed by atoms with E-state index in [1.165, 1.54) is 16.7 Å². The number of allylic oxidation sites excluding steroid dienone is 2. The summed E-state index contributed by atoms with van der Waals surface area (Å²) in [5.74, 6) is 1.03. The van der Waals surface area contributed by atoms with Gasteiger partial charge < -0.3 is 45.1 Å². The summed E-state index contributed by atoms with van der Waals surface area (Å²) < 4.78 is 23.2. The molecule has 16 heteroatoms. The van der Waals surface area contributed by atoms with Crippen molar-refractivity contribution in [3.63, 3.8) is 0 Å². The molecular weight excluding hydrogens is 1130 g/mol. The molecule has 2 atom stereocenters. The van der Waals surface area contributed by atoms with Gasteiger partial charge >= 0.3 is 0 Å². The van der Waals surface area contributed by atoms with Crippen molar-refractivity contribution in [1.29, 1.82) is 0 Å². The SMILES string of the molecule is CC(C)Cc1cc(C(=O)Nc2cc(NC(=O)c3cc(CC(C)C)nc(CC(C)C)c3)cc(C(=O)NCCCOCCCOCCCOCCCOCCCNC(=O)CCC(=O)N3Cc4ccccc4C4=C(c5ccccc53)C(C)CC4C)c2)cc(CC(C)C)n1. The molecule has 0 spiro atoms. The number of fused-ring (bicyclic) bond motifs is 4. The van der Waals surface area contributed by atoms with Gasteiger partial charge in [0.25, 0.3) is 17.7 Å². The van der Waals surface area contributed by atoms with Crippen LogP contribution in [0.15, 0.2) is 91.0 Å². The van der Waals surface area contributed by atoms with Gasteiger partial charge in [0.2, 0.25) is 11.8 Å². The molecule has 4 N–H and O–H groups in total. The number of benzene rings is 3. The lowest BCUT2D eigenvalue weighted by atomic mass is 9.86. The van der Waals surface area contributed by atoms with Gasteiger partial charge in [-0.3, -0.25) is 33.9 Å². The molecule has 0 fully saturated rings. The van der Waals surface area contributed by atoms with Crippen LogP contribution in [0, 0.1) is 35.5 Å². The number of aromatic nitrogens is 2. The highest BCUT2D eigenvalue weighted by molar-refractivity contribution is 6.09. The van der Waals surface area contributed by atoms with E-state index >= 15 is 0 Å². The van der Waals surface area contributed by atoms with Crippen LogP contribution in [0.2, 0.25) is 0 Å². The number of carbonyl (C=O) groups excluding carboxylic acids is 5. The third-order valence-corrected chi connectivity index (χ3v) is 15.8. The molecule has 5 aromatic rings. The maximum atomic E-state index is 14.0. The molecule has 2 unspecified atom stereocenters. The highest BCUT2D eigenvalue weighted by Gasteiger charge is 2.35. The zero-order valence-corrected chi connectivity index (χ0v) is 55.4. The van der Waals surface area contributed by atoms with Gasteiger partial charge in [0.15, 0.2) is 0 Å². The first-order chi connectivity index (χ1) is 43.3. The highest BCUT2D eigenvalue weighted by Crippen LogP contribution is 2.51. The first-order valence-corrected chi connectivity index (χ1v) is 33.2. The zero-order valence-electron chi connectivity index (χ0n) is 55.4. The third kappa shape index (κ3) is 22.4. The van der Waals surface area contributed by atoms with Gasteiger partial charge in [-0.15, -0.1) is 0 Å². The fourth-order valence-electron chi connectivity index (χ4n) is 11.9. The fraction of sp³-hybridized carbons (Fsp3) is 0.527. The number of ether oxygens (including phenoxy) is 4. The quantitative estimate of drug-likeness (QED) is 0.0278. The third-order valence-electron chi connectivity index (χ3n) is 15.8. The largest absolute Gasteiger partial charge is 0.381 e. The van der Waals surface area contributed by atoms with Crippen LogP contribution in [0.5, 0.6) is 0 Å². The van der Waals surface area contributed by atoms with Crippen molar-refractivity contribution < 1.29 is 42.9 Å². The lowest BCUT2D eigenvalue weighted by molar-refractivity contribution is -0.125. The number of pyridine rings is 2. The minimum Gasteiger partial charge on any atom is -0.381 e. The fourth-order valence-corrected chi connectivity index (χ4v) is 11.9. The van der Waals surface area contributed by atoms with E-state index in [0.717, 1.165) is 91.0 Å². The Kier molecular flexibility index (Phi) is 28.2. The molecule has 0 bridgehead atoms. The van der Waals surface area contributed by atoms with Crippen LogP contribution in [0.1, 0.15) is 191 Å². The number of para-hydroxylation sites is 1. The number of anilines is 3. The van der Waals surface area contributed by atoms with Crippen LogP contribution in [-0.4, -0.2) is 105 Å². The molecule has 3 heterocycles. The number of hydrogen-bond acceptors (Lipinski definition) is 11. The number of hydrogen-bond donors (Lipinski definition) is 4. The van der Waals surface area contributed by atoms with Crippen LogP contribution in [0.3, 0.4) is 0 Å². The van der Waals surface area contributed by atoms with Gasteiger partial charge in [0.05, 0.1) is 12.2 Å². The minimum atomic E-state index is -0.350. The summed E-state index contributed by atoms with van der Waals surface area (Å²) in [6.07, 6.45) is 7.81. The predicted molar refractivity (Wildman–Crippen MR) is 360 cm³/mol. The average Bonchev–Trinajstić information content (AvgIpc) is 1.76. The van der Waals surface area contributed by atoms with E-state index in [2.05, 4.69) is 121 Å². The molecule has 7 rings (SSSR count).